The number of hydrogen-bond acceptors (Lipinski definition) is 5. The highest BCUT2D eigenvalue weighted by molar-refractivity contribution is 6.00. The summed E-state index contributed by atoms with van der Waals surface area (Å²) < 4.78 is 5.23. The van der Waals surface area contributed by atoms with Crippen LogP contribution in [0.25, 0.3) is 11.0 Å². The van der Waals surface area contributed by atoms with Gasteiger partial charge < -0.3 is 14.6 Å². The Kier molecular flexibility index (Phi) is 3.18. The van der Waals surface area contributed by atoms with Gasteiger partial charge in [-0.25, -0.2) is 4.98 Å². The SMILES string of the molecule is O=Cc1coc2cnc(C(=O)NC3CC4CCN(C4)C3)cc12. The number of nitrogens with one attached hydrogen (secondary N) is 1. The van der Waals surface area contributed by atoms with E-state index in [9.17, 15) is 9.59 Å². The lowest BCUT2D eigenvalue weighted by molar-refractivity contribution is 0.0904. The van der Waals surface area contributed by atoms with Gasteiger partial charge in [0.1, 0.15) is 12.0 Å². The van der Waals surface area contributed by atoms with Gasteiger partial charge in [0.2, 0.25) is 0 Å². The third kappa shape index (κ3) is 2.29. The molecule has 2 bridgehead atoms. The van der Waals surface area contributed by atoms with Gasteiger partial charge in [-0.15, -0.1) is 0 Å². The molecule has 2 aromatic heterocycles. The number of carbonyl (C=O) groups is 2. The van der Waals surface area contributed by atoms with Crippen molar-refractivity contribution >= 4 is 23.2 Å². The van der Waals surface area contributed by atoms with Crippen molar-refractivity contribution in [3.8, 4) is 0 Å². The lowest BCUT2D eigenvalue weighted by atomic mass is 9.97. The Bertz CT molecular complexity index is 727. The van der Waals surface area contributed by atoms with Crippen molar-refractivity contribution in [2.24, 2.45) is 5.92 Å². The van der Waals surface area contributed by atoms with Gasteiger partial charge in [0.25, 0.3) is 5.91 Å². The molecular formula is C16H17N3O3. The van der Waals surface area contributed by atoms with Gasteiger partial charge >= 0.3 is 0 Å². The molecule has 0 aliphatic carbocycles. The monoisotopic (exact) mass is 299 g/mol. The molecule has 2 aromatic rings. The van der Waals surface area contributed by atoms with Gasteiger partial charge in [-0.3, -0.25) is 9.59 Å². The van der Waals surface area contributed by atoms with E-state index in [4.69, 9.17) is 4.42 Å². The average Bonchev–Trinajstić information content (AvgIpc) is 3.09. The van der Waals surface area contributed by atoms with E-state index >= 15 is 0 Å². The van der Waals surface area contributed by atoms with E-state index in [1.54, 1.807) is 6.07 Å². The molecule has 2 aliphatic heterocycles. The van der Waals surface area contributed by atoms with Gasteiger partial charge in [-0.05, 0) is 31.4 Å². The van der Waals surface area contributed by atoms with E-state index < -0.39 is 0 Å². The third-order valence-corrected chi connectivity index (χ3v) is 4.65. The maximum atomic E-state index is 12.4. The third-order valence-electron chi connectivity index (χ3n) is 4.65. The summed E-state index contributed by atoms with van der Waals surface area (Å²) in [6.07, 6.45) is 5.86. The second-order valence-corrected chi connectivity index (χ2v) is 6.19. The topological polar surface area (TPSA) is 75.4 Å². The molecule has 3 atom stereocenters. The predicted molar refractivity (Wildman–Crippen MR) is 79.8 cm³/mol. The van der Waals surface area contributed by atoms with Crippen LogP contribution in [0, 0.1) is 5.92 Å². The molecule has 2 aliphatic rings. The van der Waals surface area contributed by atoms with Crippen LogP contribution in [0.3, 0.4) is 0 Å². The highest BCUT2D eigenvalue weighted by atomic mass is 16.3. The molecular weight excluding hydrogens is 282 g/mol. The summed E-state index contributed by atoms with van der Waals surface area (Å²) in [5.41, 5.74) is 1.28. The van der Waals surface area contributed by atoms with Crippen LogP contribution in [0.2, 0.25) is 0 Å². The summed E-state index contributed by atoms with van der Waals surface area (Å²) in [5.74, 6) is 0.512. The first-order valence-corrected chi connectivity index (χ1v) is 7.58. The fourth-order valence-corrected chi connectivity index (χ4v) is 3.59. The molecule has 114 valence electrons. The van der Waals surface area contributed by atoms with Crippen LogP contribution in [0.1, 0.15) is 33.7 Å². The Morgan fingerprint density at radius 1 is 1.45 bits per heavy atom. The maximum absolute atomic E-state index is 12.4. The van der Waals surface area contributed by atoms with Crippen molar-refractivity contribution in [2.45, 2.75) is 18.9 Å². The average molecular weight is 299 g/mol. The number of hydrogen-bond donors (Lipinski definition) is 1. The summed E-state index contributed by atoms with van der Waals surface area (Å²) in [6.45, 7) is 3.21. The van der Waals surface area contributed by atoms with Crippen LogP contribution in [0.4, 0.5) is 0 Å². The molecule has 6 nitrogen and oxygen atoms in total. The highest BCUT2D eigenvalue weighted by Gasteiger charge is 2.33. The molecule has 2 fully saturated rings. The quantitative estimate of drug-likeness (QED) is 0.869. The number of aromatic nitrogens is 1. The molecule has 3 unspecified atom stereocenters. The van der Waals surface area contributed by atoms with Gasteiger partial charge in [-0.1, -0.05) is 0 Å². The number of nitrogens with zero attached hydrogens (tertiary/aromatic N) is 2. The molecule has 4 heterocycles. The van der Waals surface area contributed by atoms with Gasteiger partial charge in [0, 0.05) is 24.5 Å². The minimum Gasteiger partial charge on any atom is -0.462 e. The summed E-state index contributed by atoms with van der Waals surface area (Å²) in [4.78, 5) is 29.9. The summed E-state index contributed by atoms with van der Waals surface area (Å²) in [5, 5.41) is 3.70. The fraction of sp³-hybridized carbons (Fsp3) is 0.438. The van der Waals surface area contributed by atoms with Crippen molar-refractivity contribution < 1.29 is 14.0 Å². The number of amides is 1. The summed E-state index contributed by atoms with van der Waals surface area (Å²) >= 11 is 0. The Hall–Kier alpha value is -2.21. The molecule has 1 amide bonds. The smallest absolute Gasteiger partial charge is 0.270 e. The lowest BCUT2D eigenvalue weighted by Crippen LogP contribution is -2.47. The number of rotatable bonds is 3. The van der Waals surface area contributed by atoms with E-state index in [1.807, 2.05) is 0 Å². The zero-order valence-corrected chi connectivity index (χ0v) is 12.1. The first-order valence-electron chi connectivity index (χ1n) is 7.58. The molecule has 0 aromatic carbocycles. The van der Waals surface area contributed by atoms with Crippen LogP contribution in [0.15, 0.2) is 22.9 Å². The minimum atomic E-state index is -0.188. The van der Waals surface area contributed by atoms with Crippen LogP contribution in [-0.2, 0) is 0 Å². The highest BCUT2D eigenvalue weighted by Crippen LogP contribution is 2.27. The van der Waals surface area contributed by atoms with E-state index in [0.29, 0.717) is 28.1 Å². The van der Waals surface area contributed by atoms with E-state index in [1.165, 1.54) is 18.9 Å². The molecule has 22 heavy (non-hydrogen) atoms. The largest absolute Gasteiger partial charge is 0.462 e. The number of aldehydes is 1. The molecule has 1 N–H and O–H groups in total. The first-order chi connectivity index (χ1) is 10.7. The zero-order valence-electron chi connectivity index (χ0n) is 12.1. The van der Waals surface area contributed by atoms with Gasteiger partial charge in [0.05, 0.1) is 11.8 Å². The minimum absolute atomic E-state index is 0.182. The van der Waals surface area contributed by atoms with Crippen molar-refractivity contribution in [3.05, 3.63) is 29.8 Å². The first kappa shape index (κ1) is 13.5. The second-order valence-electron chi connectivity index (χ2n) is 6.19. The van der Waals surface area contributed by atoms with Gasteiger partial charge in [-0.2, -0.15) is 0 Å². The van der Waals surface area contributed by atoms with E-state index in [-0.39, 0.29) is 11.9 Å². The molecule has 6 heteroatoms. The normalized spacial score (nSPS) is 27.0. The lowest BCUT2D eigenvalue weighted by Gasteiger charge is -2.30. The number of piperidine rings is 1. The molecule has 4 rings (SSSR count). The molecule has 0 radical (unpaired) electrons. The Labute approximate surface area is 127 Å². The van der Waals surface area contributed by atoms with Gasteiger partial charge in [0.15, 0.2) is 11.9 Å². The molecule has 2 saturated heterocycles. The van der Waals surface area contributed by atoms with Crippen molar-refractivity contribution in [1.29, 1.82) is 0 Å². The van der Waals surface area contributed by atoms with Crippen molar-refractivity contribution in [2.75, 3.05) is 19.6 Å². The predicted octanol–water partition coefficient (Wildman–Crippen LogP) is 1.46. The van der Waals surface area contributed by atoms with E-state index in [0.717, 1.165) is 32.3 Å². The number of pyridine rings is 1. The molecule has 0 spiro atoms. The Morgan fingerprint density at radius 2 is 2.36 bits per heavy atom. The van der Waals surface area contributed by atoms with Crippen molar-refractivity contribution in [1.82, 2.24) is 15.2 Å². The van der Waals surface area contributed by atoms with Crippen LogP contribution >= 0.6 is 0 Å². The standard InChI is InChI=1S/C16H17N3O3/c20-8-11-9-22-15-5-17-14(4-13(11)15)16(21)18-12-3-10-1-2-19(6-10)7-12/h4-5,8-10,12H,1-3,6-7H2,(H,18,21). The van der Waals surface area contributed by atoms with Crippen LogP contribution in [-0.4, -0.2) is 47.8 Å². The summed E-state index contributed by atoms with van der Waals surface area (Å²) in [6, 6.07) is 1.80. The summed E-state index contributed by atoms with van der Waals surface area (Å²) in [7, 11) is 0. The van der Waals surface area contributed by atoms with Crippen LogP contribution < -0.4 is 5.32 Å². The van der Waals surface area contributed by atoms with E-state index in [2.05, 4.69) is 15.2 Å². The Morgan fingerprint density at radius 3 is 3.18 bits per heavy atom. The number of furan rings is 1. The number of fused-ring (bicyclic) bond motifs is 3. The second kappa shape index (κ2) is 5.21. The fourth-order valence-electron chi connectivity index (χ4n) is 3.59. The Balaban J connectivity index is 1.53. The zero-order chi connectivity index (χ0) is 15.1. The maximum Gasteiger partial charge on any atom is 0.270 e. The van der Waals surface area contributed by atoms with Crippen LogP contribution in [0.5, 0.6) is 0 Å². The number of carbonyl (C=O) groups excluding carboxylic acids is 2. The molecule has 0 saturated carbocycles. The van der Waals surface area contributed by atoms with Crippen molar-refractivity contribution in [3.63, 3.8) is 0 Å².